The molecule has 1 aliphatic rings. The van der Waals surface area contributed by atoms with E-state index >= 15 is 0 Å². The molecule has 1 saturated heterocycles. The van der Waals surface area contributed by atoms with Gasteiger partial charge < -0.3 is 14.8 Å². The number of carbonyl (C=O) groups excluding carboxylic acids is 1. The monoisotopic (exact) mass is 492 g/mol. The number of nitrogens with one attached hydrogen (secondary N) is 1. The molecule has 0 aliphatic carbocycles. The molecule has 0 unspecified atom stereocenters. The molecule has 4 rings (SSSR count). The van der Waals surface area contributed by atoms with Crippen molar-refractivity contribution < 1.29 is 14.3 Å². The SMILES string of the molecule is CCOc1cc(/C=C2\SC(=Nc3ccc(C)c(C)c3)NC2=O)ccc1OCc1ccc(Cl)cc1. The molecular formula is C27H25ClN2O3S. The second kappa shape index (κ2) is 10.8. The number of carbonyl (C=O) groups is 1. The Balaban J connectivity index is 1.50. The van der Waals surface area contributed by atoms with Crippen LogP contribution in [-0.4, -0.2) is 17.7 Å². The molecule has 0 saturated carbocycles. The van der Waals surface area contributed by atoms with Gasteiger partial charge in [-0.3, -0.25) is 4.79 Å². The number of rotatable bonds is 7. The Morgan fingerprint density at radius 2 is 1.76 bits per heavy atom. The molecule has 1 heterocycles. The van der Waals surface area contributed by atoms with Crippen molar-refractivity contribution in [1.29, 1.82) is 0 Å². The van der Waals surface area contributed by atoms with Crippen LogP contribution >= 0.6 is 23.4 Å². The van der Waals surface area contributed by atoms with Crippen LogP contribution in [0.5, 0.6) is 11.5 Å². The fourth-order valence-corrected chi connectivity index (χ4v) is 4.26. The zero-order chi connectivity index (χ0) is 24.1. The summed E-state index contributed by atoms with van der Waals surface area (Å²) in [6.45, 7) is 6.92. The summed E-state index contributed by atoms with van der Waals surface area (Å²) in [5.41, 5.74) is 5.03. The van der Waals surface area contributed by atoms with E-state index in [4.69, 9.17) is 21.1 Å². The Bertz CT molecular complexity index is 1270. The number of hydrogen-bond acceptors (Lipinski definition) is 5. The first-order valence-corrected chi connectivity index (χ1v) is 12.1. The van der Waals surface area contributed by atoms with E-state index in [2.05, 4.69) is 17.2 Å². The van der Waals surface area contributed by atoms with Crippen LogP contribution in [0.4, 0.5) is 5.69 Å². The van der Waals surface area contributed by atoms with Gasteiger partial charge in [-0.15, -0.1) is 0 Å². The number of ether oxygens (including phenoxy) is 2. The van der Waals surface area contributed by atoms with Crippen LogP contribution in [0.1, 0.15) is 29.2 Å². The summed E-state index contributed by atoms with van der Waals surface area (Å²) >= 11 is 7.27. The van der Waals surface area contributed by atoms with E-state index < -0.39 is 0 Å². The van der Waals surface area contributed by atoms with Gasteiger partial charge in [-0.25, -0.2) is 4.99 Å². The van der Waals surface area contributed by atoms with E-state index in [-0.39, 0.29) is 5.91 Å². The lowest BCUT2D eigenvalue weighted by Gasteiger charge is -2.13. The minimum Gasteiger partial charge on any atom is -0.490 e. The normalized spacial score (nSPS) is 15.6. The van der Waals surface area contributed by atoms with Crippen molar-refractivity contribution in [3.63, 3.8) is 0 Å². The summed E-state index contributed by atoms with van der Waals surface area (Å²) in [6.07, 6.45) is 1.83. The van der Waals surface area contributed by atoms with E-state index in [1.165, 1.54) is 17.3 Å². The Labute approximate surface area is 208 Å². The fraction of sp³-hybridized carbons (Fsp3) is 0.185. The number of thioether (sulfide) groups is 1. The predicted octanol–water partition coefficient (Wildman–Crippen LogP) is 6.83. The van der Waals surface area contributed by atoms with Gasteiger partial charge in [0.25, 0.3) is 5.91 Å². The molecule has 34 heavy (non-hydrogen) atoms. The van der Waals surface area contributed by atoms with Gasteiger partial charge in [0.15, 0.2) is 16.7 Å². The van der Waals surface area contributed by atoms with Gasteiger partial charge >= 0.3 is 0 Å². The number of amidine groups is 1. The molecule has 0 spiro atoms. The first-order chi connectivity index (χ1) is 16.4. The second-order valence-corrected chi connectivity index (χ2v) is 9.27. The maximum atomic E-state index is 12.5. The Morgan fingerprint density at radius 3 is 2.50 bits per heavy atom. The number of amides is 1. The standard InChI is InChI=1S/C27H25ClN2O3S/c1-4-32-24-14-20(8-12-23(24)33-16-19-6-9-21(28)10-7-19)15-25-26(31)30-27(34-25)29-22-11-5-17(2)18(3)13-22/h5-15H,4,16H2,1-3H3,(H,29,30,31)/b25-15-. The fourth-order valence-electron chi connectivity index (χ4n) is 3.29. The van der Waals surface area contributed by atoms with Crippen LogP contribution in [0.25, 0.3) is 6.08 Å². The van der Waals surface area contributed by atoms with Crippen LogP contribution in [0.2, 0.25) is 5.02 Å². The van der Waals surface area contributed by atoms with Crippen molar-refractivity contribution in [3.05, 3.63) is 92.8 Å². The molecular weight excluding hydrogens is 468 g/mol. The van der Waals surface area contributed by atoms with Gasteiger partial charge in [0.05, 0.1) is 17.2 Å². The van der Waals surface area contributed by atoms with Crippen LogP contribution in [0, 0.1) is 13.8 Å². The highest BCUT2D eigenvalue weighted by molar-refractivity contribution is 8.18. The topological polar surface area (TPSA) is 59.9 Å². The van der Waals surface area contributed by atoms with Crippen LogP contribution < -0.4 is 14.8 Å². The molecule has 5 nitrogen and oxygen atoms in total. The number of nitrogens with zero attached hydrogens (tertiary/aromatic N) is 1. The summed E-state index contributed by atoms with van der Waals surface area (Å²) in [6, 6.07) is 19.1. The number of halogens is 1. The summed E-state index contributed by atoms with van der Waals surface area (Å²) in [5.74, 6) is 1.09. The van der Waals surface area contributed by atoms with E-state index in [1.54, 1.807) is 0 Å². The number of aryl methyl sites for hydroxylation is 2. The molecule has 1 fully saturated rings. The van der Waals surface area contributed by atoms with Crippen LogP contribution in [0.15, 0.2) is 70.6 Å². The van der Waals surface area contributed by atoms with Gasteiger partial charge in [0.2, 0.25) is 0 Å². The van der Waals surface area contributed by atoms with Crippen LogP contribution in [-0.2, 0) is 11.4 Å². The lowest BCUT2D eigenvalue weighted by Crippen LogP contribution is -2.19. The lowest BCUT2D eigenvalue weighted by molar-refractivity contribution is -0.115. The van der Waals surface area contributed by atoms with Gasteiger partial charge in [-0.05, 0) is 97.3 Å². The highest BCUT2D eigenvalue weighted by Gasteiger charge is 2.24. The first-order valence-electron chi connectivity index (χ1n) is 10.9. The van der Waals surface area contributed by atoms with Gasteiger partial charge in [0, 0.05) is 5.02 Å². The molecule has 1 amide bonds. The summed E-state index contributed by atoms with van der Waals surface area (Å²) in [4.78, 5) is 17.7. The van der Waals surface area contributed by atoms with E-state index in [1.807, 2.05) is 80.6 Å². The third kappa shape index (κ3) is 6.01. The minimum atomic E-state index is -0.173. The third-order valence-corrected chi connectivity index (χ3v) is 6.41. The average Bonchev–Trinajstić information content (AvgIpc) is 3.15. The maximum absolute atomic E-state index is 12.5. The quantitative estimate of drug-likeness (QED) is 0.367. The average molecular weight is 493 g/mol. The zero-order valence-electron chi connectivity index (χ0n) is 19.2. The van der Waals surface area contributed by atoms with Crippen molar-refractivity contribution in [2.75, 3.05) is 6.61 Å². The minimum absolute atomic E-state index is 0.173. The van der Waals surface area contributed by atoms with Gasteiger partial charge in [-0.1, -0.05) is 35.9 Å². The molecule has 174 valence electrons. The Morgan fingerprint density at radius 1 is 0.971 bits per heavy atom. The zero-order valence-corrected chi connectivity index (χ0v) is 20.8. The molecule has 0 atom stereocenters. The third-order valence-electron chi connectivity index (χ3n) is 5.24. The predicted molar refractivity (Wildman–Crippen MR) is 140 cm³/mol. The number of benzene rings is 3. The lowest BCUT2D eigenvalue weighted by atomic mass is 10.1. The molecule has 0 bridgehead atoms. The molecule has 0 radical (unpaired) electrons. The highest BCUT2D eigenvalue weighted by atomic mass is 35.5. The van der Waals surface area contributed by atoms with Crippen molar-refractivity contribution in [2.24, 2.45) is 4.99 Å². The second-order valence-electron chi connectivity index (χ2n) is 7.80. The van der Waals surface area contributed by atoms with E-state index in [9.17, 15) is 4.79 Å². The first kappa shape index (κ1) is 23.9. The van der Waals surface area contributed by atoms with Crippen molar-refractivity contribution in [3.8, 4) is 11.5 Å². The van der Waals surface area contributed by atoms with E-state index in [0.717, 1.165) is 22.4 Å². The smallest absolute Gasteiger partial charge is 0.264 e. The highest BCUT2D eigenvalue weighted by Crippen LogP contribution is 2.33. The van der Waals surface area contributed by atoms with Crippen LogP contribution in [0.3, 0.4) is 0 Å². The molecule has 3 aromatic rings. The number of hydrogen-bond donors (Lipinski definition) is 1. The summed E-state index contributed by atoms with van der Waals surface area (Å²) in [5, 5.41) is 4.09. The summed E-state index contributed by atoms with van der Waals surface area (Å²) in [7, 11) is 0. The molecule has 1 aliphatic heterocycles. The van der Waals surface area contributed by atoms with Crippen molar-refractivity contribution >= 4 is 46.2 Å². The van der Waals surface area contributed by atoms with E-state index in [0.29, 0.717) is 39.8 Å². The molecule has 1 N–H and O–H groups in total. The Kier molecular flexibility index (Phi) is 7.60. The van der Waals surface area contributed by atoms with Gasteiger partial charge in [0.1, 0.15) is 6.61 Å². The summed E-state index contributed by atoms with van der Waals surface area (Å²) < 4.78 is 11.8. The maximum Gasteiger partial charge on any atom is 0.264 e. The molecule has 3 aromatic carbocycles. The number of aliphatic imine (C=N–C) groups is 1. The molecule has 0 aromatic heterocycles. The van der Waals surface area contributed by atoms with Crippen molar-refractivity contribution in [1.82, 2.24) is 5.32 Å². The van der Waals surface area contributed by atoms with Gasteiger partial charge in [-0.2, -0.15) is 0 Å². The Hall–Kier alpha value is -3.22. The largest absolute Gasteiger partial charge is 0.490 e. The molecule has 7 heteroatoms. The van der Waals surface area contributed by atoms with Crippen molar-refractivity contribution in [2.45, 2.75) is 27.4 Å².